The van der Waals surface area contributed by atoms with Gasteiger partial charge in [0, 0.05) is 30.6 Å². The average molecular weight is 289 g/mol. The highest BCUT2D eigenvalue weighted by Crippen LogP contribution is 2.29. The van der Waals surface area contributed by atoms with Crippen LogP contribution < -0.4 is 5.32 Å². The molecule has 1 amide bonds. The summed E-state index contributed by atoms with van der Waals surface area (Å²) >= 11 is 1.66. The first-order chi connectivity index (χ1) is 8.01. The summed E-state index contributed by atoms with van der Waals surface area (Å²) < 4.78 is 0. The van der Waals surface area contributed by atoms with Crippen LogP contribution in [-0.4, -0.2) is 36.5 Å². The molecule has 2 rings (SSSR count). The monoisotopic (exact) mass is 288 g/mol. The first-order valence-corrected chi connectivity index (χ1v) is 6.96. The van der Waals surface area contributed by atoms with Crippen molar-refractivity contribution in [3.8, 4) is 0 Å². The van der Waals surface area contributed by atoms with E-state index in [1.165, 1.54) is 0 Å². The van der Waals surface area contributed by atoms with Crippen molar-refractivity contribution in [3.63, 3.8) is 0 Å². The van der Waals surface area contributed by atoms with Crippen molar-refractivity contribution in [1.82, 2.24) is 10.2 Å². The number of rotatable bonds is 2. The largest absolute Gasteiger partial charge is 0.339 e. The smallest absolute Gasteiger partial charge is 0.233 e. The van der Waals surface area contributed by atoms with E-state index in [9.17, 15) is 4.79 Å². The summed E-state index contributed by atoms with van der Waals surface area (Å²) in [5.41, 5.74) is -0.398. The maximum Gasteiger partial charge on any atom is 0.233 e. The van der Waals surface area contributed by atoms with Gasteiger partial charge in [-0.25, -0.2) is 0 Å². The number of thiophene rings is 1. The molecule has 102 valence electrons. The van der Waals surface area contributed by atoms with Gasteiger partial charge in [-0.2, -0.15) is 0 Å². The van der Waals surface area contributed by atoms with Crippen LogP contribution in [-0.2, 0) is 10.2 Å². The lowest BCUT2D eigenvalue weighted by Gasteiger charge is -2.36. The van der Waals surface area contributed by atoms with Gasteiger partial charge in [0.05, 0.1) is 5.41 Å². The molecule has 18 heavy (non-hydrogen) atoms. The first-order valence-electron chi connectivity index (χ1n) is 6.08. The van der Waals surface area contributed by atoms with E-state index in [0.29, 0.717) is 6.04 Å². The maximum absolute atomic E-state index is 12.6. The van der Waals surface area contributed by atoms with E-state index < -0.39 is 5.41 Å². The fraction of sp³-hybridized carbons (Fsp3) is 0.615. The van der Waals surface area contributed by atoms with Gasteiger partial charge < -0.3 is 10.2 Å². The SMILES string of the molecule is CC1CN(C(=O)C(C)(C)c2cccs2)CCN1.Cl. The van der Waals surface area contributed by atoms with Crippen molar-refractivity contribution >= 4 is 29.7 Å². The zero-order chi connectivity index (χ0) is 12.5. The molecule has 1 aromatic rings. The molecule has 5 heteroatoms. The molecule has 0 radical (unpaired) electrons. The van der Waals surface area contributed by atoms with Crippen LogP contribution in [0.1, 0.15) is 25.6 Å². The molecule has 2 heterocycles. The predicted molar refractivity (Wildman–Crippen MR) is 78.6 cm³/mol. The highest BCUT2D eigenvalue weighted by atomic mass is 35.5. The third kappa shape index (κ3) is 3.05. The molecule has 1 fully saturated rings. The minimum atomic E-state index is -0.398. The fourth-order valence-electron chi connectivity index (χ4n) is 2.25. The molecule has 0 aliphatic carbocycles. The molecule has 1 atom stereocenters. The Hall–Kier alpha value is -0.580. The molecule has 1 aliphatic heterocycles. The molecule has 1 N–H and O–H groups in total. The third-order valence-electron chi connectivity index (χ3n) is 3.33. The van der Waals surface area contributed by atoms with Gasteiger partial charge in [-0.15, -0.1) is 23.7 Å². The molecule has 1 aliphatic rings. The van der Waals surface area contributed by atoms with Crippen molar-refractivity contribution in [1.29, 1.82) is 0 Å². The van der Waals surface area contributed by atoms with Crippen LogP contribution in [0.2, 0.25) is 0 Å². The number of halogens is 1. The highest BCUT2D eigenvalue weighted by Gasteiger charge is 2.35. The summed E-state index contributed by atoms with van der Waals surface area (Å²) in [6.45, 7) is 8.69. The van der Waals surface area contributed by atoms with E-state index in [4.69, 9.17) is 0 Å². The van der Waals surface area contributed by atoms with E-state index in [1.54, 1.807) is 11.3 Å². The molecule has 3 nitrogen and oxygen atoms in total. The Labute approximate surface area is 119 Å². The van der Waals surface area contributed by atoms with Gasteiger partial charge in [0.1, 0.15) is 0 Å². The predicted octanol–water partition coefficient (Wildman–Crippen LogP) is 2.27. The summed E-state index contributed by atoms with van der Waals surface area (Å²) in [6, 6.07) is 4.45. The fourth-order valence-corrected chi connectivity index (χ4v) is 3.09. The summed E-state index contributed by atoms with van der Waals surface area (Å²) in [4.78, 5) is 15.7. The maximum atomic E-state index is 12.6. The minimum absolute atomic E-state index is 0. The second-order valence-corrected chi connectivity index (χ2v) is 6.16. The van der Waals surface area contributed by atoms with E-state index in [1.807, 2.05) is 36.3 Å². The molecule has 0 saturated carbocycles. The number of amides is 1. The lowest BCUT2D eigenvalue weighted by molar-refractivity contribution is -0.137. The average Bonchev–Trinajstić information content (AvgIpc) is 2.82. The second kappa shape index (κ2) is 6.04. The number of carbonyl (C=O) groups is 1. The van der Waals surface area contributed by atoms with Crippen molar-refractivity contribution in [2.75, 3.05) is 19.6 Å². The topological polar surface area (TPSA) is 32.3 Å². The van der Waals surface area contributed by atoms with Crippen LogP contribution in [0.15, 0.2) is 17.5 Å². The summed E-state index contributed by atoms with van der Waals surface area (Å²) in [6.07, 6.45) is 0. The molecular formula is C13H21ClN2OS. The van der Waals surface area contributed by atoms with E-state index in [-0.39, 0.29) is 18.3 Å². The number of nitrogens with one attached hydrogen (secondary N) is 1. The lowest BCUT2D eigenvalue weighted by atomic mass is 9.89. The Kier molecular flexibility index (Phi) is 5.20. The van der Waals surface area contributed by atoms with Crippen molar-refractivity contribution in [3.05, 3.63) is 22.4 Å². The van der Waals surface area contributed by atoms with Gasteiger partial charge in [0.2, 0.25) is 5.91 Å². The molecule has 0 spiro atoms. The van der Waals surface area contributed by atoms with Crippen molar-refractivity contribution < 1.29 is 4.79 Å². The number of hydrogen-bond acceptors (Lipinski definition) is 3. The number of hydrogen-bond donors (Lipinski definition) is 1. The lowest BCUT2D eigenvalue weighted by Crippen LogP contribution is -2.55. The van der Waals surface area contributed by atoms with Crippen LogP contribution in [0.25, 0.3) is 0 Å². The normalized spacial score (nSPS) is 20.4. The Balaban J connectivity index is 0.00000162. The van der Waals surface area contributed by atoms with Crippen LogP contribution >= 0.6 is 23.7 Å². The molecule has 1 saturated heterocycles. The highest BCUT2D eigenvalue weighted by molar-refractivity contribution is 7.10. The molecule has 0 bridgehead atoms. The summed E-state index contributed by atoms with van der Waals surface area (Å²) in [5, 5.41) is 5.39. The van der Waals surface area contributed by atoms with Gasteiger partial charge in [0.15, 0.2) is 0 Å². The molecule has 1 unspecified atom stereocenters. The van der Waals surface area contributed by atoms with Crippen molar-refractivity contribution in [2.45, 2.75) is 32.2 Å². The Bertz CT molecular complexity index is 392. The molecular weight excluding hydrogens is 268 g/mol. The number of piperazine rings is 1. The Morgan fingerprint density at radius 1 is 1.56 bits per heavy atom. The van der Waals surface area contributed by atoms with E-state index in [2.05, 4.69) is 12.2 Å². The van der Waals surface area contributed by atoms with Gasteiger partial charge in [-0.1, -0.05) is 6.07 Å². The summed E-state index contributed by atoms with van der Waals surface area (Å²) in [5.74, 6) is 0.244. The molecule has 1 aromatic heterocycles. The minimum Gasteiger partial charge on any atom is -0.339 e. The zero-order valence-electron chi connectivity index (χ0n) is 11.1. The first kappa shape index (κ1) is 15.5. The van der Waals surface area contributed by atoms with Gasteiger partial charge in [-0.05, 0) is 32.2 Å². The van der Waals surface area contributed by atoms with Crippen molar-refractivity contribution in [2.24, 2.45) is 0 Å². The summed E-state index contributed by atoms with van der Waals surface area (Å²) in [7, 11) is 0. The van der Waals surface area contributed by atoms with Crippen LogP contribution in [0.3, 0.4) is 0 Å². The van der Waals surface area contributed by atoms with E-state index >= 15 is 0 Å². The van der Waals surface area contributed by atoms with Crippen LogP contribution in [0, 0.1) is 0 Å². The van der Waals surface area contributed by atoms with Crippen LogP contribution in [0.5, 0.6) is 0 Å². The second-order valence-electron chi connectivity index (χ2n) is 5.21. The Morgan fingerprint density at radius 2 is 2.28 bits per heavy atom. The quantitative estimate of drug-likeness (QED) is 0.905. The standard InChI is InChI=1S/C13H20N2OS.ClH/c1-10-9-15(7-6-14-10)12(16)13(2,3)11-5-4-8-17-11;/h4-5,8,10,14H,6-7,9H2,1-3H3;1H. The zero-order valence-corrected chi connectivity index (χ0v) is 12.7. The number of nitrogens with zero attached hydrogens (tertiary/aromatic N) is 1. The van der Waals surface area contributed by atoms with Gasteiger partial charge in [0.25, 0.3) is 0 Å². The van der Waals surface area contributed by atoms with E-state index in [0.717, 1.165) is 24.5 Å². The number of carbonyl (C=O) groups excluding carboxylic acids is 1. The molecule has 0 aromatic carbocycles. The van der Waals surface area contributed by atoms with Gasteiger partial charge >= 0.3 is 0 Å². The third-order valence-corrected chi connectivity index (χ3v) is 4.52. The van der Waals surface area contributed by atoms with Gasteiger partial charge in [-0.3, -0.25) is 4.79 Å². The Morgan fingerprint density at radius 3 is 2.83 bits per heavy atom. The van der Waals surface area contributed by atoms with Crippen LogP contribution in [0.4, 0.5) is 0 Å².